The van der Waals surface area contributed by atoms with E-state index in [1.165, 1.54) is 0 Å². The van der Waals surface area contributed by atoms with Crippen molar-refractivity contribution in [3.8, 4) is 0 Å². The van der Waals surface area contributed by atoms with Gasteiger partial charge in [0.25, 0.3) is 0 Å². The second kappa shape index (κ2) is 5.85. The van der Waals surface area contributed by atoms with Crippen LogP contribution in [0.4, 0.5) is 0 Å². The van der Waals surface area contributed by atoms with Gasteiger partial charge in [-0.3, -0.25) is 4.68 Å². The minimum Gasteiger partial charge on any atom is -0.396 e. The SMILES string of the molecule is CCCn1ncnc1CC(CO)C(C)C. The number of hydrogen-bond donors (Lipinski definition) is 1. The van der Waals surface area contributed by atoms with Crippen molar-refractivity contribution in [3.63, 3.8) is 0 Å². The minimum absolute atomic E-state index is 0.219. The molecule has 15 heavy (non-hydrogen) atoms. The highest BCUT2D eigenvalue weighted by Crippen LogP contribution is 2.15. The summed E-state index contributed by atoms with van der Waals surface area (Å²) in [6, 6.07) is 0. The first kappa shape index (κ1) is 12.2. The topological polar surface area (TPSA) is 50.9 Å². The van der Waals surface area contributed by atoms with Gasteiger partial charge >= 0.3 is 0 Å². The smallest absolute Gasteiger partial charge is 0.138 e. The summed E-state index contributed by atoms with van der Waals surface area (Å²) < 4.78 is 1.94. The van der Waals surface area contributed by atoms with Crippen molar-refractivity contribution in [2.45, 2.75) is 40.2 Å². The van der Waals surface area contributed by atoms with Crippen molar-refractivity contribution < 1.29 is 5.11 Å². The molecule has 1 aromatic rings. The average Bonchev–Trinajstić information content (AvgIpc) is 2.62. The van der Waals surface area contributed by atoms with Crippen LogP contribution in [0, 0.1) is 11.8 Å². The Bertz CT molecular complexity index is 283. The number of aliphatic hydroxyl groups excluding tert-OH is 1. The Kier molecular flexibility index (Phi) is 4.75. The molecule has 0 amide bonds. The van der Waals surface area contributed by atoms with Gasteiger partial charge in [-0.1, -0.05) is 20.8 Å². The summed E-state index contributed by atoms with van der Waals surface area (Å²) in [7, 11) is 0. The van der Waals surface area contributed by atoms with Gasteiger partial charge in [0.1, 0.15) is 12.2 Å². The maximum absolute atomic E-state index is 9.26. The van der Waals surface area contributed by atoms with Crippen molar-refractivity contribution in [1.29, 1.82) is 0 Å². The van der Waals surface area contributed by atoms with Crippen LogP contribution >= 0.6 is 0 Å². The Morgan fingerprint density at radius 2 is 2.20 bits per heavy atom. The molecule has 0 spiro atoms. The van der Waals surface area contributed by atoms with Crippen LogP contribution in [0.3, 0.4) is 0 Å². The van der Waals surface area contributed by atoms with E-state index in [2.05, 4.69) is 30.9 Å². The highest BCUT2D eigenvalue weighted by molar-refractivity contribution is 4.88. The fourth-order valence-corrected chi connectivity index (χ4v) is 1.59. The molecular weight excluding hydrogens is 190 g/mol. The second-order valence-corrected chi connectivity index (χ2v) is 4.29. The summed E-state index contributed by atoms with van der Waals surface area (Å²) in [5.41, 5.74) is 0. The molecule has 4 heteroatoms. The van der Waals surface area contributed by atoms with Gasteiger partial charge in [0.05, 0.1) is 0 Å². The van der Waals surface area contributed by atoms with Gasteiger partial charge in [0.15, 0.2) is 0 Å². The molecule has 1 unspecified atom stereocenters. The normalized spacial score (nSPS) is 13.4. The molecule has 0 aromatic carbocycles. The molecule has 0 saturated heterocycles. The number of hydrogen-bond acceptors (Lipinski definition) is 3. The molecule has 1 atom stereocenters. The molecule has 0 aliphatic carbocycles. The average molecular weight is 211 g/mol. The van der Waals surface area contributed by atoms with Crippen molar-refractivity contribution in [1.82, 2.24) is 14.8 Å². The predicted molar refractivity (Wildman–Crippen MR) is 59.4 cm³/mol. The van der Waals surface area contributed by atoms with Gasteiger partial charge in [-0.05, 0) is 18.3 Å². The molecule has 0 aliphatic heterocycles. The van der Waals surface area contributed by atoms with Crippen LogP contribution < -0.4 is 0 Å². The maximum atomic E-state index is 9.26. The molecule has 0 radical (unpaired) electrons. The lowest BCUT2D eigenvalue weighted by Gasteiger charge is -2.17. The van der Waals surface area contributed by atoms with Crippen LogP contribution in [0.2, 0.25) is 0 Å². The first-order chi connectivity index (χ1) is 7.19. The Labute approximate surface area is 91.3 Å². The summed E-state index contributed by atoms with van der Waals surface area (Å²) in [6.45, 7) is 7.50. The molecule has 0 bridgehead atoms. The number of aliphatic hydroxyl groups is 1. The minimum atomic E-state index is 0.219. The van der Waals surface area contributed by atoms with E-state index in [4.69, 9.17) is 0 Å². The third-order valence-corrected chi connectivity index (χ3v) is 2.75. The standard InChI is InChI=1S/C11H21N3O/c1-4-5-14-11(12-8-13-14)6-10(7-15)9(2)3/h8-10,15H,4-7H2,1-3H3. The number of aromatic nitrogens is 3. The van der Waals surface area contributed by atoms with E-state index in [9.17, 15) is 5.11 Å². The van der Waals surface area contributed by atoms with E-state index in [-0.39, 0.29) is 12.5 Å². The zero-order chi connectivity index (χ0) is 11.3. The molecule has 1 N–H and O–H groups in total. The third-order valence-electron chi connectivity index (χ3n) is 2.75. The Balaban J connectivity index is 2.65. The summed E-state index contributed by atoms with van der Waals surface area (Å²) in [5, 5.41) is 13.4. The van der Waals surface area contributed by atoms with Crippen molar-refractivity contribution in [3.05, 3.63) is 12.2 Å². The summed E-state index contributed by atoms with van der Waals surface area (Å²) >= 11 is 0. The van der Waals surface area contributed by atoms with E-state index in [1.807, 2.05) is 4.68 Å². The molecule has 0 saturated carbocycles. The van der Waals surface area contributed by atoms with Gasteiger partial charge in [-0.25, -0.2) is 4.98 Å². The van der Waals surface area contributed by atoms with E-state index in [0.717, 1.165) is 25.2 Å². The fraction of sp³-hybridized carbons (Fsp3) is 0.818. The summed E-state index contributed by atoms with van der Waals surface area (Å²) in [6.07, 6.45) is 3.47. The molecule has 1 rings (SSSR count). The van der Waals surface area contributed by atoms with Crippen LogP contribution in [0.1, 0.15) is 33.0 Å². The first-order valence-electron chi connectivity index (χ1n) is 5.66. The summed E-state index contributed by atoms with van der Waals surface area (Å²) in [5.74, 6) is 1.75. The highest BCUT2D eigenvalue weighted by atomic mass is 16.3. The van der Waals surface area contributed by atoms with Crippen LogP contribution in [0.5, 0.6) is 0 Å². The van der Waals surface area contributed by atoms with Gasteiger partial charge < -0.3 is 5.11 Å². The quantitative estimate of drug-likeness (QED) is 0.775. The van der Waals surface area contributed by atoms with Crippen LogP contribution in [0.25, 0.3) is 0 Å². The van der Waals surface area contributed by atoms with E-state index in [0.29, 0.717) is 5.92 Å². The van der Waals surface area contributed by atoms with Gasteiger partial charge in [-0.15, -0.1) is 0 Å². The largest absolute Gasteiger partial charge is 0.396 e. The van der Waals surface area contributed by atoms with Crippen molar-refractivity contribution in [2.75, 3.05) is 6.61 Å². The first-order valence-corrected chi connectivity index (χ1v) is 5.66. The van der Waals surface area contributed by atoms with Crippen molar-refractivity contribution >= 4 is 0 Å². The number of aryl methyl sites for hydroxylation is 1. The lowest BCUT2D eigenvalue weighted by molar-refractivity contribution is 0.186. The van der Waals surface area contributed by atoms with Gasteiger partial charge in [-0.2, -0.15) is 5.10 Å². The zero-order valence-electron chi connectivity index (χ0n) is 9.85. The van der Waals surface area contributed by atoms with Crippen LogP contribution in [-0.2, 0) is 13.0 Å². The molecule has 1 heterocycles. The fourth-order valence-electron chi connectivity index (χ4n) is 1.59. The van der Waals surface area contributed by atoms with Crippen molar-refractivity contribution in [2.24, 2.45) is 11.8 Å². The number of rotatable bonds is 6. The second-order valence-electron chi connectivity index (χ2n) is 4.29. The molecule has 0 fully saturated rings. The van der Waals surface area contributed by atoms with E-state index in [1.54, 1.807) is 6.33 Å². The highest BCUT2D eigenvalue weighted by Gasteiger charge is 2.16. The van der Waals surface area contributed by atoms with Gasteiger partial charge in [0, 0.05) is 19.6 Å². The molecule has 0 aliphatic rings. The molecular formula is C11H21N3O. The lowest BCUT2D eigenvalue weighted by atomic mass is 9.93. The molecule has 4 nitrogen and oxygen atoms in total. The Morgan fingerprint density at radius 3 is 2.73 bits per heavy atom. The predicted octanol–water partition coefficient (Wildman–Crippen LogP) is 1.50. The lowest BCUT2D eigenvalue weighted by Crippen LogP contribution is -2.19. The van der Waals surface area contributed by atoms with Crippen LogP contribution in [0.15, 0.2) is 6.33 Å². The Hall–Kier alpha value is -0.900. The summed E-state index contributed by atoms with van der Waals surface area (Å²) in [4.78, 5) is 4.25. The maximum Gasteiger partial charge on any atom is 0.138 e. The van der Waals surface area contributed by atoms with Gasteiger partial charge in [0.2, 0.25) is 0 Å². The Morgan fingerprint density at radius 1 is 1.47 bits per heavy atom. The number of nitrogens with zero attached hydrogens (tertiary/aromatic N) is 3. The monoisotopic (exact) mass is 211 g/mol. The molecule has 86 valence electrons. The zero-order valence-corrected chi connectivity index (χ0v) is 9.85. The third kappa shape index (κ3) is 3.30. The van der Waals surface area contributed by atoms with E-state index >= 15 is 0 Å². The van der Waals surface area contributed by atoms with Crippen LogP contribution in [-0.4, -0.2) is 26.5 Å². The van der Waals surface area contributed by atoms with E-state index < -0.39 is 0 Å². The molecule has 1 aromatic heterocycles.